The van der Waals surface area contributed by atoms with E-state index in [-0.39, 0.29) is 0 Å². The molecule has 0 saturated heterocycles. The predicted octanol–water partition coefficient (Wildman–Crippen LogP) is 11.9. The lowest BCUT2D eigenvalue weighted by atomic mass is 10.1. The highest BCUT2D eigenvalue weighted by molar-refractivity contribution is 6.31. The van der Waals surface area contributed by atoms with Crippen molar-refractivity contribution in [3.8, 4) is 28.5 Å². The van der Waals surface area contributed by atoms with Crippen LogP contribution in [0.1, 0.15) is 0 Å². The molecule has 4 heterocycles. The van der Waals surface area contributed by atoms with E-state index in [9.17, 15) is 0 Å². The molecular formula is C42H24Cl2N4. The Morgan fingerprint density at radius 2 is 1.02 bits per heavy atom. The molecule has 0 fully saturated rings. The topological polar surface area (TPSA) is 35.1 Å². The Bertz CT molecular complexity index is 2870. The molecule has 0 radical (unpaired) electrons. The Morgan fingerprint density at radius 1 is 0.417 bits per heavy atom. The summed E-state index contributed by atoms with van der Waals surface area (Å²) in [6.07, 6.45) is 0. The fourth-order valence-corrected chi connectivity index (χ4v) is 7.69. The highest BCUT2D eigenvalue weighted by Gasteiger charge is 2.19. The SMILES string of the molecule is Clc1cccc(-c2cc(-n3c4ccccc4c4cc5c(cc43)cc3c4ccccc4c4ccccc4n53)nc(-c3cccc(Cl)c3)n2)c1. The van der Waals surface area contributed by atoms with Gasteiger partial charge in [0.15, 0.2) is 5.82 Å². The van der Waals surface area contributed by atoms with Gasteiger partial charge < -0.3 is 4.40 Å². The Kier molecular flexibility index (Phi) is 5.95. The van der Waals surface area contributed by atoms with Crippen LogP contribution in [0.25, 0.3) is 88.4 Å². The second-order valence-electron chi connectivity index (χ2n) is 12.2. The summed E-state index contributed by atoms with van der Waals surface area (Å²) in [7, 11) is 0. The van der Waals surface area contributed by atoms with E-state index >= 15 is 0 Å². The second-order valence-corrected chi connectivity index (χ2v) is 13.0. The minimum atomic E-state index is 0.588. The van der Waals surface area contributed by atoms with Gasteiger partial charge in [0, 0.05) is 54.2 Å². The minimum Gasteiger partial charge on any atom is -0.309 e. The summed E-state index contributed by atoms with van der Waals surface area (Å²) in [5.74, 6) is 1.35. The number of rotatable bonds is 3. The van der Waals surface area contributed by atoms with Gasteiger partial charge in [0.05, 0.1) is 33.3 Å². The van der Waals surface area contributed by atoms with Crippen molar-refractivity contribution >= 4 is 83.1 Å². The molecule has 0 atom stereocenters. The maximum atomic E-state index is 6.46. The Morgan fingerprint density at radius 3 is 1.77 bits per heavy atom. The zero-order valence-corrected chi connectivity index (χ0v) is 26.9. The van der Waals surface area contributed by atoms with Crippen molar-refractivity contribution in [1.29, 1.82) is 0 Å². The van der Waals surface area contributed by atoms with Crippen LogP contribution in [-0.4, -0.2) is 18.9 Å². The van der Waals surface area contributed by atoms with Crippen molar-refractivity contribution < 1.29 is 0 Å². The van der Waals surface area contributed by atoms with Crippen LogP contribution in [0, 0.1) is 0 Å². The molecule has 48 heavy (non-hydrogen) atoms. The molecule has 0 saturated carbocycles. The fourth-order valence-electron chi connectivity index (χ4n) is 7.31. The van der Waals surface area contributed by atoms with E-state index in [0.717, 1.165) is 49.8 Å². The third-order valence-corrected chi connectivity index (χ3v) is 9.85. The Balaban J connectivity index is 1.32. The van der Waals surface area contributed by atoms with Gasteiger partial charge in [-0.3, -0.25) is 4.57 Å². The third kappa shape index (κ3) is 4.10. The molecule has 0 unspecified atom stereocenters. The van der Waals surface area contributed by atoms with E-state index in [1.165, 1.54) is 32.7 Å². The maximum Gasteiger partial charge on any atom is 0.162 e. The van der Waals surface area contributed by atoms with E-state index in [4.69, 9.17) is 33.2 Å². The molecule has 0 aliphatic rings. The molecule has 0 aliphatic carbocycles. The molecule has 10 aromatic rings. The standard InChI is InChI=1S/C42H24Cl2N4/c43-28-11-7-9-25(19-28)35-24-41(46-42(45-35)26-10-8-12-29(44)20-26)48-37-18-6-4-16-33(37)34-23-38-27(22-40(34)48)21-39-32-15-2-1-13-30(32)31-14-3-5-17-36(31)47(38)39/h1-24H. The highest BCUT2D eigenvalue weighted by atomic mass is 35.5. The number of hydrogen-bond donors (Lipinski definition) is 0. The predicted molar refractivity (Wildman–Crippen MR) is 201 cm³/mol. The van der Waals surface area contributed by atoms with Gasteiger partial charge in [0.25, 0.3) is 0 Å². The van der Waals surface area contributed by atoms with E-state index in [1.54, 1.807) is 0 Å². The number of halogens is 2. The zero-order chi connectivity index (χ0) is 31.9. The lowest BCUT2D eigenvalue weighted by Crippen LogP contribution is -2.02. The molecule has 0 aliphatic heterocycles. The number of nitrogens with zero attached hydrogens (tertiary/aromatic N) is 4. The Hall–Kier alpha value is -5.68. The van der Waals surface area contributed by atoms with Crippen molar-refractivity contribution in [2.24, 2.45) is 0 Å². The normalized spacial score (nSPS) is 12.0. The first-order valence-corrected chi connectivity index (χ1v) is 16.6. The molecule has 0 amide bonds. The summed E-state index contributed by atoms with van der Waals surface area (Å²) in [6, 6.07) is 50.4. The first-order valence-electron chi connectivity index (χ1n) is 15.8. The molecule has 226 valence electrons. The lowest BCUT2D eigenvalue weighted by molar-refractivity contribution is 1.05. The van der Waals surface area contributed by atoms with E-state index in [2.05, 4.69) is 100.0 Å². The molecule has 4 aromatic heterocycles. The average molecular weight is 656 g/mol. The molecule has 6 heteroatoms. The smallest absolute Gasteiger partial charge is 0.162 e. The van der Waals surface area contributed by atoms with E-state index < -0.39 is 0 Å². The van der Waals surface area contributed by atoms with E-state index in [1.807, 2.05) is 54.6 Å². The lowest BCUT2D eigenvalue weighted by Gasteiger charge is -2.12. The number of fused-ring (bicyclic) bond motifs is 11. The summed E-state index contributed by atoms with van der Waals surface area (Å²) in [6.45, 7) is 0. The maximum absolute atomic E-state index is 6.46. The Labute approximate surface area is 285 Å². The fraction of sp³-hybridized carbons (Fsp3) is 0. The number of hydrogen-bond acceptors (Lipinski definition) is 2. The monoisotopic (exact) mass is 654 g/mol. The number of pyridine rings is 1. The summed E-state index contributed by atoms with van der Waals surface area (Å²) in [4.78, 5) is 10.2. The molecule has 4 nitrogen and oxygen atoms in total. The van der Waals surface area contributed by atoms with E-state index in [0.29, 0.717) is 15.9 Å². The van der Waals surface area contributed by atoms with Gasteiger partial charge in [-0.05, 0) is 60.0 Å². The van der Waals surface area contributed by atoms with Gasteiger partial charge in [0.1, 0.15) is 5.82 Å². The van der Waals surface area contributed by atoms with Crippen LogP contribution in [0.2, 0.25) is 10.0 Å². The quantitative estimate of drug-likeness (QED) is 0.178. The van der Waals surface area contributed by atoms with Gasteiger partial charge >= 0.3 is 0 Å². The largest absolute Gasteiger partial charge is 0.309 e. The summed E-state index contributed by atoms with van der Waals surface area (Å²) in [5, 5.41) is 8.48. The molecule has 10 rings (SSSR count). The summed E-state index contributed by atoms with van der Waals surface area (Å²) < 4.78 is 4.67. The van der Waals surface area contributed by atoms with Crippen LogP contribution in [0.5, 0.6) is 0 Å². The van der Waals surface area contributed by atoms with Crippen molar-refractivity contribution in [2.45, 2.75) is 0 Å². The molecule has 6 aromatic carbocycles. The van der Waals surface area contributed by atoms with Crippen molar-refractivity contribution in [3.63, 3.8) is 0 Å². The zero-order valence-electron chi connectivity index (χ0n) is 25.4. The first kappa shape index (κ1) is 27.4. The number of aromatic nitrogens is 4. The van der Waals surface area contributed by atoms with Crippen molar-refractivity contribution in [2.75, 3.05) is 0 Å². The molecule has 0 bridgehead atoms. The second kappa shape index (κ2) is 10.4. The van der Waals surface area contributed by atoms with Crippen LogP contribution < -0.4 is 0 Å². The van der Waals surface area contributed by atoms with Crippen LogP contribution in [0.15, 0.2) is 146 Å². The average Bonchev–Trinajstić information content (AvgIpc) is 3.66. The number of benzene rings is 6. The van der Waals surface area contributed by atoms with Crippen LogP contribution in [0.4, 0.5) is 0 Å². The van der Waals surface area contributed by atoms with Gasteiger partial charge in [-0.2, -0.15) is 0 Å². The van der Waals surface area contributed by atoms with Crippen molar-refractivity contribution in [3.05, 3.63) is 156 Å². The summed E-state index contributed by atoms with van der Waals surface area (Å²) >= 11 is 12.9. The van der Waals surface area contributed by atoms with Gasteiger partial charge in [-0.1, -0.05) is 108 Å². The van der Waals surface area contributed by atoms with Gasteiger partial charge in [-0.25, -0.2) is 9.97 Å². The van der Waals surface area contributed by atoms with Crippen LogP contribution >= 0.6 is 23.2 Å². The molecule has 0 spiro atoms. The van der Waals surface area contributed by atoms with Gasteiger partial charge in [-0.15, -0.1) is 0 Å². The molecule has 0 N–H and O–H groups in total. The first-order chi connectivity index (χ1) is 23.6. The van der Waals surface area contributed by atoms with Crippen molar-refractivity contribution in [1.82, 2.24) is 18.9 Å². The number of para-hydroxylation sites is 2. The van der Waals surface area contributed by atoms with Crippen LogP contribution in [0.3, 0.4) is 0 Å². The van der Waals surface area contributed by atoms with Crippen LogP contribution in [-0.2, 0) is 0 Å². The van der Waals surface area contributed by atoms with Gasteiger partial charge in [0.2, 0.25) is 0 Å². The third-order valence-electron chi connectivity index (χ3n) is 9.38. The summed E-state index contributed by atoms with van der Waals surface area (Å²) in [5.41, 5.74) is 8.22. The minimum absolute atomic E-state index is 0.588. The molecular weight excluding hydrogens is 631 g/mol. The highest BCUT2D eigenvalue weighted by Crippen LogP contribution is 2.39.